The number of thiocarbonyl (C=S) groups is 1. The molecule has 1 aliphatic rings. The molecule has 25 heavy (non-hydrogen) atoms. The van der Waals surface area contributed by atoms with Gasteiger partial charge in [-0.25, -0.2) is 0 Å². The molecule has 0 unspecified atom stereocenters. The number of benzene rings is 1. The second-order valence-electron chi connectivity index (χ2n) is 5.82. The summed E-state index contributed by atoms with van der Waals surface area (Å²) < 4.78 is 5.57. The van der Waals surface area contributed by atoms with Crippen LogP contribution < -0.4 is 16.2 Å². The van der Waals surface area contributed by atoms with E-state index in [9.17, 15) is 4.79 Å². The van der Waals surface area contributed by atoms with Crippen LogP contribution in [-0.2, 0) is 0 Å². The molecule has 1 aliphatic carbocycles. The third-order valence-corrected chi connectivity index (χ3v) is 4.79. The van der Waals surface area contributed by atoms with Crippen molar-refractivity contribution in [1.29, 1.82) is 0 Å². The standard InChI is InChI=1S/C17H17Cl2N3O2S/c18-10-5-6-13(19)12(9-10)14-7-8-15(24-14)16(23)21-22-17(25)20-11-3-1-2-4-11/h5-9,11H,1-4H2,(H,21,23)(H2,20,22,25). The lowest BCUT2D eigenvalue weighted by molar-refractivity contribution is 0.0916. The SMILES string of the molecule is O=C(NNC(=S)NC1CCCC1)c1ccc(-c2cc(Cl)ccc2Cl)o1. The van der Waals surface area contributed by atoms with Gasteiger partial charge in [0.25, 0.3) is 0 Å². The van der Waals surface area contributed by atoms with Crippen molar-refractivity contribution in [2.45, 2.75) is 31.7 Å². The van der Waals surface area contributed by atoms with Crippen LogP contribution in [-0.4, -0.2) is 17.1 Å². The molecule has 5 nitrogen and oxygen atoms in total. The summed E-state index contributed by atoms with van der Waals surface area (Å²) in [6, 6.07) is 8.65. The summed E-state index contributed by atoms with van der Waals surface area (Å²) >= 11 is 17.3. The van der Waals surface area contributed by atoms with Gasteiger partial charge in [-0.2, -0.15) is 0 Å². The van der Waals surface area contributed by atoms with Gasteiger partial charge in [-0.3, -0.25) is 15.6 Å². The van der Waals surface area contributed by atoms with Crippen LogP contribution in [0, 0.1) is 0 Å². The molecule has 1 heterocycles. The van der Waals surface area contributed by atoms with Gasteiger partial charge < -0.3 is 9.73 Å². The van der Waals surface area contributed by atoms with E-state index < -0.39 is 5.91 Å². The van der Waals surface area contributed by atoms with Crippen molar-refractivity contribution in [1.82, 2.24) is 16.2 Å². The summed E-state index contributed by atoms with van der Waals surface area (Å²) in [5.74, 6) is 0.173. The number of rotatable bonds is 3. The number of carbonyl (C=O) groups is 1. The molecule has 0 spiro atoms. The van der Waals surface area contributed by atoms with Crippen molar-refractivity contribution >= 4 is 46.4 Å². The maximum atomic E-state index is 12.2. The molecule has 0 aliphatic heterocycles. The molecule has 0 bridgehead atoms. The van der Waals surface area contributed by atoms with Gasteiger partial charge >= 0.3 is 5.91 Å². The quantitative estimate of drug-likeness (QED) is 0.531. The molecule has 132 valence electrons. The Bertz CT molecular complexity index is 788. The summed E-state index contributed by atoms with van der Waals surface area (Å²) in [5.41, 5.74) is 5.83. The number of nitrogens with one attached hydrogen (secondary N) is 3. The minimum atomic E-state index is -0.431. The van der Waals surface area contributed by atoms with Crippen LogP contribution in [0.5, 0.6) is 0 Å². The minimum Gasteiger partial charge on any atom is -0.451 e. The van der Waals surface area contributed by atoms with E-state index in [1.807, 2.05) is 0 Å². The highest BCUT2D eigenvalue weighted by Crippen LogP contribution is 2.31. The van der Waals surface area contributed by atoms with Gasteiger partial charge in [-0.05, 0) is 55.4 Å². The van der Waals surface area contributed by atoms with E-state index in [-0.39, 0.29) is 5.76 Å². The highest BCUT2D eigenvalue weighted by molar-refractivity contribution is 7.80. The van der Waals surface area contributed by atoms with Crippen LogP contribution in [0.4, 0.5) is 0 Å². The fourth-order valence-electron chi connectivity index (χ4n) is 2.76. The average Bonchev–Trinajstić information content (AvgIpc) is 3.26. The fourth-order valence-corrected chi connectivity index (χ4v) is 3.36. The first-order valence-corrected chi connectivity index (χ1v) is 9.11. The lowest BCUT2D eigenvalue weighted by Gasteiger charge is -2.15. The predicted molar refractivity (Wildman–Crippen MR) is 103 cm³/mol. The molecule has 1 fully saturated rings. The highest BCUT2D eigenvalue weighted by atomic mass is 35.5. The van der Waals surface area contributed by atoms with E-state index in [1.54, 1.807) is 30.3 Å². The number of carbonyl (C=O) groups excluding carboxylic acids is 1. The molecule has 3 rings (SSSR count). The number of furan rings is 1. The Labute approximate surface area is 161 Å². The summed E-state index contributed by atoms with van der Waals surface area (Å²) in [7, 11) is 0. The number of amides is 1. The molecule has 1 saturated carbocycles. The van der Waals surface area contributed by atoms with E-state index >= 15 is 0 Å². The first-order chi connectivity index (χ1) is 12.0. The van der Waals surface area contributed by atoms with Crippen LogP contribution in [0.3, 0.4) is 0 Å². The van der Waals surface area contributed by atoms with E-state index in [0.29, 0.717) is 32.5 Å². The lowest BCUT2D eigenvalue weighted by atomic mass is 10.2. The van der Waals surface area contributed by atoms with Gasteiger partial charge in [0.15, 0.2) is 10.9 Å². The number of halogens is 2. The topological polar surface area (TPSA) is 66.3 Å². The van der Waals surface area contributed by atoms with Crippen LogP contribution in [0.15, 0.2) is 34.7 Å². The van der Waals surface area contributed by atoms with Crippen LogP contribution in [0.2, 0.25) is 10.0 Å². The zero-order valence-corrected chi connectivity index (χ0v) is 15.6. The van der Waals surface area contributed by atoms with Crippen molar-refractivity contribution in [2.24, 2.45) is 0 Å². The average molecular weight is 398 g/mol. The minimum absolute atomic E-state index is 0.141. The Morgan fingerprint density at radius 2 is 1.88 bits per heavy atom. The van der Waals surface area contributed by atoms with Crippen molar-refractivity contribution in [3.05, 3.63) is 46.1 Å². The summed E-state index contributed by atoms with van der Waals surface area (Å²) in [4.78, 5) is 12.2. The second kappa shape index (κ2) is 8.08. The molecule has 8 heteroatoms. The monoisotopic (exact) mass is 397 g/mol. The van der Waals surface area contributed by atoms with Gasteiger partial charge in [-0.15, -0.1) is 0 Å². The molecule has 2 aromatic rings. The van der Waals surface area contributed by atoms with E-state index in [4.69, 9.17) is 39.8 Å². The van der Waals surface area contributed by atoms with E-state index in [2.05, 4.69) is 16.2 Å². The molecule has 0 radical (unpaired) electrons. The molecule has 3 N–H and O–H groups in total. The molecule has 1 amide bonds. The Balaban J connectivity index is 1.59. The zero-order chi connectivity index (χ0) is 17.8. The zero-order valence-electron chi connectivity index (χ0n) is 13.3. The Kier molecular flexibility index (Phi) is 5.83. The second-order valence-corrected chi connectivity index (χ2v) is 7.07. The first-order valence-electron chi connectivity index (χ1n) is 7.95. The van der Waals surface area contributed by atoms with Crippen LogP contribution >= 0.6 is 35.4 Å². The number of hydrogen-bond acceptors (Lipinski definition) is 3. The van der Waals surface area contributed by atoms with Gasteiger partial charge in [0, 0.05) is 16.6 Å². The largest absolute Gasteiger partial charge is 0.451 e. The third-order valence-electron chi connectivity index (χ3n) is 4.00. The molecular formula is C17H17Cl2N3O2S. The van der Waals surface area contributed by atoms with Gasteiger partial charge in [0.05, 0.1) is 5.02 Å². The maximum absolute atomic E-state index is 12.2. The lowest BCUT2D eigenvalue weighted by Crippen LogP contribution is -2.49. The molecule has 0 atom stereocenters. The van der Waals surface area contributed by atoms with E-state index in [1.165, 1.54) is 12.8 Å². The first kappa shape index (κ1) is 18.0. The number of hydrogen-bond donors (Lipinski definition) is 3. The summed E-state index contributed by atoms with van der Waals surface area (Å²) in [6.07, 6.45) is 4.59. The smallest absolute Gasteiger partial charge is 0.305 e. The van der Waals surface area contributed by atoms with E-state index in [0.717, 1.165) is 12.8 Å². The normalized spacial score (nSPS) is 14.3. The molecule has 0 saturated heterocycles. The third kappa shape index (κ3) is 4.66. The van der Waals surface area contributed by atoms with Crippen LogP contribution in [0.1, 0.15) is 36.2 Å². The molecular weight excluding hydrogens is 381 g/mol. The van der Waals surface area contributed by atoms with Crippen molar-refractivity contribution < 1.29 is 9.21 Å². The highest BCUT2D eigenvalue weighted by Gasteiger charge is 2.17. The molecule has 1 aromatic heterocycles. The molecule has 1 aromatic carbocycles. The fraction of sp³-hybridized carbons (Fsp3) is 0.294. The maximum Gasteiger partial charge on any atom is 0.305 e. The van der Waals surface area contributed by atoms with Crippen LogP contribution in [0.25, 0.3) is 11.3 Å². The van der Waals surface area contributed by atoms with Crippen molar-refractivity contribution in [2.75, 3.05) is 0 Å². The van der Waals surface area contributed by atoms with Gasteiger partial charge in [-0.1, -0.05) is 36.0 Å². The summed E-state index contributed by atoms with van der Waals surface area (Å²) in [5, 5.41) is 4.59. The van der Waals surface area contributed by atoms with Crippen molar-refractivity contribution in [3.63, 3.8) is 0 Å². The predicted octanol–water partition coefficient (Wildman–Crippen LogP) is 4.30. The summed E-state index contributed by atoms with van der Waals surface area (Å²) in [6.45, 7) is 0. The Morgan fingerprint density at radius 1 is 1.12 bits per heavy atom. The van der Waals surface area contributed by atoms with Gasteiger partial charge in [0.1, 0.15) is 5.76 Å². The number of hydrazine groups is 1. The Morgan fingerprint density at radius 3 is 2.64 bits per heavy atom. The van der Waals surface area contributed by atoms with Crippen molar-refractivity contribution in [3.8, 4) is 11.3 Å². The van der Waals surface area contributed by atoms with Gasteiger partial charge in [0.2, 0.25) is 0 Å². The Hall–Kier alpha value is -1.76.